The van der Waals surface area contributed by atoms with Gasteiger partial charge in [-0.1, -0.05) is 12.1 Å². The largest absolute Gasteiger partial charge is 0.449 e. The van der Waals surface area contributed by atoms with Crippen LogP contribution in [0.3, 0.4) is 0 Å². The number of nitrogens with zero attached hydrogens (tertiary/aromatic N) is 2. The van der Waals surface area contributed by atoms with Gasteiger partial charge >= 0.3 is 5.97 Å². The number of para-hydroxylation sites is 2. The molecule has 2 aromatic rings. The lowest BCUT2D eigenvalue weighted by molar-refractivity contribution is -0.131. The Hall–Kier alpha value is -4.05. The van der Waals surface area contributed by atoms with Crippen LogP contribution in [0.25, 0.3) is 0 Å². The number of imide groups is 1. The fourth-order valence-corrected chi connectivity index (χ4v) is 4.30. The molecule has 0 aliphatic carbocycles. The van der Waals surface area contributed by atoms with Gasteiger partial charge in [-0.2, -0.15) is 0 Å². The molecule has 10 heteroatoms. The maximum absolute atomic E-state index is 13.4. The Balaban J connectivity index is 1.52. The summed E-state index contributed by atoms with van der Waals surface area (Å²) < 4.78 is 10.4. The molecule has 0 fully saturated rings. The molecular formula is C26H27N3O7. The molecule has 4 rings (SSSR count). The van der Waals surface area contributed by atoms with Gasteiger partial charge in [-0.15, -0.1) is 0 Å². The molecule has 0 bridgehead atoms. The summed E-state index contributed by atoms with van der Waals surface area (Å²) in [6.45, 7) is 5.23. The van der Waals surface area contributed by atoms with E-state index in [2.05, 4.69) is 5.32 Å². The molecule has 4 amide bonds. The normalized spacial score (nSPS) is 16.8. The van der Waals surface area contributed by atoms with Crippen molar-refractivity contribution in [3.05, 3.63) is 59.2 Å². The van der Waals surface area contributed by atoms with Gasteiger partial charge in [0.1, 0.15) is 5.54 Å². The van der Waals surface area contributed by atoms with Crippen LogP contribution in [-0.2, 0) is 19.1 Å². The minimum Gasteiger partial charge on any atom is -0.449 e. The van der Waals surface area contributed by atoms with Gasteiger partial charge in [-0.3, -0.25) is 29.0 Å². The second-order valence-corrected chi connectivity index (χ2v) is 9.12. The zero-order chi connectivity index (χ0) is 26.2. The fraction of sp³-hybridized carbons (Fsp3) is 0.346. The van der Waals surface area contributed by atoms with E-state index in [4.69, 9.17) is 9.47 Å². The van der Waals surface area contributed by atoms with Gasteiger partial charge < -0.3 is 14.8 Å². The molecule has 0 spiro atoms. The van der Waals surface area contributed by atoms with Crippen LogP contribution < -0.4 is 10.2 Å². The maximum Gasteiger partial charge on any atom is 0.338 e. The van der Waals surface area contributed by atoms with Crippen molar-refractivity contribution in [3.8, 4) is 0 Å². The first kappa shape index (κ1) is 25.1. The summed E-state index contributed by atoms with van der Waals surface area (Å²) in [6, 6.07) is 11.0. The highest BCUT2D eigenvalue weighted by molar-refractivity contribution is 6.22. The lowest BCUT2D eigenvalue weighted by atomic mass is 9.95. The van der Waals surface area contributed by atoms with Crippen LogP contribution in [0.15, 0.2) is 42.5 Å². The topological polar surface area (TPSA) is 122 Å². The molecular weight excluding hydrogens is 466 g/mol. The van der Waals surface area contributed by atoms with Crippen LogP contribution in [0.1, 0.15) is 58.3 Å². The smallest absolute Gasteiger partial charge is 0.338 e. The van der Waals surface area contributed by atoms with Crippen molar-refractivity contribution >= 4 is 41.0 Å². The van der Waals surface area contributed by atoms with Crippen LogP contribution in [0.2, 0.25) is 0 Å². The van der Waals surface area contributed by atoms with Crippen LogP contribution in [0.5, 0.6) is 0 Å². The minimum atomic E-state index is -1.23. The summed E-state index contributed by atoms with van der Waals surface area (Å²) in [6.07, 6.45) is -0.739. The highest BCUT2D eigenvalue weighted by Gasteiger charge is 2.45. The van der Waals surface area contributed by atoms with Crippen molar-refractivity contribution in [2.75, 3.05) is 30.5 Å². The Kier molecular flexibility index (Phi) is 6.64. The van der Waals surface area contributed by atoms with E-state index in [0.29, 0.717) is 24.4 Å². The number of carbonyl (C=O) groups is 5. The number of anilines is 2. The standard InChI is InChI=1S/C26H27N3O7/c1-15(21(30)29-20-9-6-5-8-19(20)27-25(34)26(29,2)3)36-24(33)16-10-11-17-18(14-16)23(32)28(22(17)31)12-7-13-35-4/h5-6,8-11,14-15H,7,12-13H2,1-4H3,(H,27,34)/t15-/m1/s1. The van der Waals surface area contributed by atoms with Gasteiger partial charge in [0.15, 0.2) is 6.10 Å². The Labute approximate surface area is 208 Å². The average Bonchev–Trinajstić information content (AvgIpc) is 3.08. The van der Waals surface area contributed by atoms with Crippen LogP contribution in [0.4, 0.5) is 11.4 Å². The number of carbonyl (C=O) groups excluding carboxylic acids is 5. The number of hydrogen-bond donors (Lipinski definition) is 1. The molecule has 0 radical (unpaired) electrons. The summed E-state index contributed by atoms with van der Waals surface area (Å²) >= 11 is 0. The van der Waals surface area contributed by atoms with E-state index in [0.717, 1.165) is 4.90 Å². The Morgan fingerprint density at radius 2 is 1.72 bits per heavy atom. The predicted molar refractivity (Wildman–Crippen MR) is 130 cm³/mol. The number of nitrogens with one attached hydrogen (secondary N) is 1. The van der Waals surface area contributed by atoms with Crippen molar-refractivity contribution < 1.29 is 33.4 Å². The van der Waals surface area contributed by atoms with E-state index >= 15 is 0 Å². The third-order valence-corrected chi connectivity index (χ3v) is 6.30. The Morgan fingerprint density at radius 3 is 2.44 bits per heavy atom. The summed E-state index contributed by atoms with van der Waals surface area (Å²) in [4.78, 5) is 66.7. The highest BCUT2D eigenvalue weighted by Crippen LogP contribution is 2.37. The minimum absolute atomic E-state index is 0.0318. The van der Waals surface area contributed by atoms with Crippen molar-refractivity contribution in [3.63, 3.8) is 0 Å². The Morgan fingerprint density at radius 1 is 1.03 bits per heavy atom. The number of amides is 4. The lowest BCUT2D eigenvalue weighted by Crippen LogP contribution is -2.60. The van der Waals surface area contributed by atoms with Gasteiger partial charge in [0.2, 0.25) is 5.91 Å². The summed E-state index contributed by atoms with van der Waals surface area (Å²) in [5.41, 5.74) is 0.0862. The third kappa shape index (κ3) is 4.24. The zero-order valence-corrected chi connectivity index (χ0v) is 20.5. The Bertz CT molecular complexity index is 1270. The number of hydrogen-bond acceptors (Lipinski definition) is 7. The number of benzene rings is 2. The second-order valence-electron chi connectivity index (χ2n) is 9.12. The number of methoxy groups -OCH3 is 1. The molecule has 188 valence electrons. The number of esters is 1. The monoisotopic (exact) mass is 493 g/mol. The highest BCUT2D eigenvalue weighted by atomic mass is 16.5. The van der Waals surface area contributed by atoms with Gasteiger partial charge in [0.05, 0.1) is 28.1 Å². The van der Waals surface area contributed by atoms with Gasteiger partial charge in [0.25, 0.3) is 17.7 Å². The van der Waals surface area contributed by atoms with Crippen LogP contribution in [-0.4, -0.2) is 66.4 Å². The van der Waals surface area contributed by atoms with Gasteiger partial charge in [-0.05, 0) is 57.5 Å². The number of rotatable bonds is 7. The molecule has 1 atom stereocenters. The first-order chi connectivity index (χ1) is 17.1. The molecule has 0 saturated carbocycles. The molecule has 36 heavy (non-hydrogen) atoms. The van der Waals surface area contributed by atoms with E-state index in [1.165, 1.54) is 37.1 Å². The molecule has 0 saturated heterocycles. The van der Waals surface area contributed by atoms with Crippen molar-refractivity contribution in [2.24, 2.45) is 0 Å². The van der Waals surface area contributed by atoms with E-state index in [1.807, 2.05) is 0 Å². The van der Waals surface area contributed by atoms with E-state index in [9.17, 15) is 24.0 Å². The number of ether oxygens (including phenoxy) is 2. The van der Waals surface area contributed by atoms with E-state index in [-0.39, 0.29) is 29.1 Å². The summed E-state index contributed by atoms with van der Waals surface area (Å²) in [5, 5.41) is 2.78. The van der Waals surface area contributed by atoms with Crippen molar-refractivity contribution in [1.29, 1.82) is 0 Å². The van der Waals surface area contributed by atoms with Gasteiger partial charge in [0, 0.05) is 20.3 Å². The van der Waals surface area contributed by atoms with Crippen LogP contribution in [0, 0.1) is 0 Å². The maximum atomic E-state index is 13.4. The molecule has 0 aromatic heterocycles. The predicted octanol–water partition coefficient (Wildman–Crippen LogP) is 2.63. The molecule has 10 nitrogen and oxygen atoms in total. The molecule has 2 aliphatic heterocycles. The molecule has 1 N–H and O–H groups in total. The molecule has 2 aliphatic rings. The second kappa shape index (κ2) is 9.54. The fourth-order valence-electron chi connectivity index (χ4n) is 4.30. The zero-order valence-electron chi connectivity index (χ0n) is 20.5. The number of fused-ring (bicyclic) bond motifs is 2. The third-order valence-electron chi connectivity index (χ3n) is 6.30. The first-order valence-electron chi connectivity index (χ1n) is 11.5. The van der Waals surface area contributed by atoms with Crippen molar-refractivity contribution in [1.82, 2.24) is 4.90 Å². The van der Waals surface area contributed by atoms with E-state index in [1.54, 1.807) is 38.1 Å². The van der Waals surface area contributed by atoms with Gasteiger partial charge in [-0.25, -0.2) is 4.79 Å². The summed E-state index contributed by atoms with van der Waals surface area (Å²) in [5.74, 6) is -2.71. The summed E-state index contributed by atoms with van der Waals surface area (Å²) in [7, 11) is 1.53. The quantitative estimate of drug-likeness (QED) is 0.357. The SMILES string of the molecule is COCCCN1C(=O)c2ccc(C(=O)O[C@H](C)C(=O)N3c4ccccc4NC(=O)C3(C)C)cc2C1=O. The lowest BCUT2D eigenvalue weighted by Gasteiger charge is -2.42. The van der Waals surface area contributed by atoms with Crippen LogP contribution >= 0.6 is 0 Å². The molecule has 2 aromatic carbocycles. The average molecular weight is 494 g/mol. The first-order valence-corrected chi connectivity index (χ1v) is 11.5. The van der Waals surface area contributed by atoms with Crippen molar-refractivity contribution in [2.45, 2.75) is 38.8 Å². The molecule has 2 heterocycles. The molecule has 0 unspecified atom stereocenters. The van der Waals surface area contributed by atoms with E-state index < -0.39 is 35.3 Å².